The maximum Gasteiger partial charge on any atom is 0.338 e. The van der Waals surface area contributed by atoms with E-state index in [0.29, 0.717) is 29.8 Å². The molecule has 0 aliphatic carbocycles. The third kappa shape index (κ3) is 4.11. The number of aromatic nitrogens is 2. The number of halogens is 2. The van der Waals surface area contributed by atoms with E-state index < -0.39 is 6.03 Å². The molecule has 156 valence electrons. The van der Waals surface area contributed by atoms with Crippen molar-refractivity contribution >= 4 is 29.3 Å². The molecule has 8 nitrogen and oxygen atoms in total. The van der Waals surface area contributed by atoms with Crippen molar-refractivity contribution in [3.63, 3.8) is 0 Å². The summed E-state index contributed by atoms with van der Waals surface area (Å²) < 4.78 is 13.4. The van der Waals surface area contributed by atoms with Crippen molar-refractivity contribution in [3.05, 3.63) is 58.9 Å². The van der Waals surface area contributed by atoms with Crippen LogP contribution >= 0.6 is 11.6 Å². The van der Waals surface area contributed by atoms with Crippen molar-refractivity contribution in [1.29, 1.82) is 0 Å². The van der Waals surface area contributed by atoms with E-state index in [0.717, 1.165) is 6.42 Å². The first kappa shape index (κ1) is 20.2. The molecule has 1 saturated heterocycles. The van der Waals surface area contributed by atoms with Gasteiger partial charge in [0, 0.05) is 36.5 Å². The lowest BCUT2D eigenvalue weighted by molar-refractivity contribution is -0.128. The summed E-state index contributed by atoms with van der Waals surface area (Å²) in [6.07, 6.45) is 4.34. The number of urea groups is 1. The minimum absolute atomic E-state index is 0.0313. The second-order valence-corrected chi connectivity index (χ2v) is 7.58. The summed E-state index contributed by atoms with van der Waals surface area (Å²) in [5.41, 5.74) is 1.94. The molecule has 0 saturated carbocycles. The summed E-state index contributed by atoms with van der Waals surface area (Å²) in [6, 6.07) is 4.74. The second-order valence-electron chi connectivity index (χ2n) is 7.24. The molecule has 0 radical (unpaired) electrons. The van der Waals surface area contributed by atoms with E-state index in [2.05, 4.69) is 20.4 Å². The summed E-state index contributed by atoms with van der Waals surface area (Å²) in [4.78, 5) is 34.8. The van der Waals surface area contributed by atoms with Gasteiger partial charge >= 0.3 is 6.03 Å². The zero-order chi connectivity index (χ0) is 21.3. The minimum atomic E-state index is -0.411. The lowest BCUT2D eigenvalue weighted by atomic mass is 10.0. The first-order valence-electron chi connectivity index (χ1n) is 9.62. The molecular formula is C20H20ClFN6O2. The molecule has 0 unspecified atom stereocenters. The highest BCUT2D eigenvalue weighted by Gasteiger charge is 2.39. The molecule has 2 aromatic rings. The first-order valence-corrected chi connectivity index (χ1v) is 9.99. The summed E-state index contributed by atoms with van der Waals surface area (Å²) in [5, 5.41) is 8.77. The molecule has 0 spiro atoms. The van der Waals surface area contributed by atoms with Crippen LogP contribution in [0.3, 0.4) is 0 Å². The normalized spacial score (nSPS) is 19.8. The fraction of sp³-hybridized carbons (Fsp3) is 0.350. The molecule has 0 bridgehead atoms. The largest absolute Gasteiger partial charge is 0.338 e. The van der Waals surface area contributed by atoms with Gasteiger partial charge in [0.25, 0.3) is 0 Å². The van der Waals surface area contributed by atoms with Crippen molar-refractivity contribution in [1.82, 2.24) is 25.2 Å². The third-order valence-electron chi connectivity index (χ3n) is 5.23. The van der Waals surface area contributed by atoms with E-state index >= 15 is 0 Å². The number of nitrogens with zero attached hydrogens (tertiary/aromatic N) is 5. The van der Waals surface area contributed by atoms with Gasteiger partial charge in [0.15, 0.2) is 0 Å². The predicted molar refractivity (Wildman–Crippen MR) is 108 cm³/mol. The first-order chi connectivity index (χ1) is 14.4. The Hall–Kier alpha value is -3.07. The van der Waals surface area contributed by atoms with Crippen LogP contribution in [0.2, 0.25) is 5.28 Å². The fourth-order valence-electron chi connectivity index (χ4n) is 3.62. The molecule has 3 heterocycles. The van der Waals surface area contributed by atoms with Crippen molar-refractivity contribution in [2.24, 2.45) is 5.10 Å². The van der Waals surface area contributed by atoms with Crippen LogP contribution in [0.25, 0.3) is 0 Å². The van der Waals surface area contributed by atoms with Gasteiger partial charge in [-0.1, -0.05) is 12.1 Å². The molecule has 10 heteroatoms. The maximum atomic E-state index is 13.4. The molecule has 2 atom stereocenters. The Morgan fingerprint density at radius 2 is 1.97 bits per heavy atom. The molecule has 1 aromatic heterocycles. The molecular weight excluding hydrogens is 411 g/mol. The van der Waals surface area contributed by atoms with Crippen LogP contribution in [0.15, 0.2) is 41.8 Å². The SMILES string of the molecule is C[C@@H](NC(=O)N1C[C@@H](N2CCCC2=O)C(c2ccc(F)cc2)=N1)c1cnc(Cl)nc1. The van der Waals surface area contributed by atoms with E-state index in [4.69, 9.17) is 11.6 Å². The summed E-state index contributed by atoms with van der Waals surface area (Å²) >= 11 is 5.71. The van der Waals surface area contributed by atoms with Crippen molar-refractivity contribution in [2.75, 3.05) is 13.1 Å². The number of amides is 3. The number of carbonyl (C=O) groups is 2. The van der Waals surface area contributed by atoms with Gasteiger partial charge in [0.05, 0.1) is 24.3 Å². The van der Waals surface area contributed by atoms with Crippen LogP contribution in [0.5, 0.6) is 0 Å². The van der Waals surface area contributed by atoms with Crippen LogP contribution in [0, 0.1) is 5.82 Å². The van der Waals surface area contributed by atoms with Crippen LogP contribution in [0.1, 0.15) is 36.9 Å². The fourth-order valence-corrected chi connectivity index (χ4v) is 3.72. The smallest absolute Gasteiger partial charge is 0.332 e. The molecule has 3 amide bonds. The van der Waals surface area contributed by atoms with Crippen LogP contribution in [-0.2, 0) is 4.79 Å². The highest BCUT2D eigenvalue weighted by molar-refractivity contribution is 6.28. The molecule has 1 aromatic carbocycles. The summed E-state index contributed by atoms with van der Waals surface area (Å²) in [6.45, 7) is 2.64. The van der Waals surface area contributed by atoms with Gasteiger partial charge in [-0.15, -0.1) is 0 Å². The number of nitrogens with one attached hydrogen (secondary N) is 1. The lowest BCUT2D eigenvalue weighted by Gasteiger charge is -2.25. The molecule has 30 heavy (non-hydrogen) atoms. The second kappa shape index (κ2) is 8.35. The van der Waals surface area contributed by atoms with E-state index in [1.165, 1.54) is 17.1 Å². The molecule has 2 aliphatic heterocycles. The van der Waals surface area contributed by atoms with Crippen LogP contribution in [-0.4, -0.2) is 56.7 Å². The number of likely N-dealkylation sites (tertiary alicyclic amines) is 1. The van der Waals surface area contributed by atoms with Crippen LogP contribution < -0.4 is 5.32 Å². The average molecular weight is 431 g/mol. The molecule has 1 N–H and O–H groups in total. The van der Waals surface area contributed by atoms with E-state index in [-0.39, 0.29) is 35.6 Å². The number of rotatable bonds is 4. The predicted octanol–water partition coefficient (Wildman–Crippen LogP) is 2.75. The number of carbonyl (C=O) groups excluding carboxylic acids is 2. The Bertz CT molecular complexity index is 982. The van der Waals surface area contributed by atoms with Gasteiger partial charge in [-0.3, -0.25) is 4.79 Å². The topological polar surface area (TPSA) is 90.8 Å². The van der Waals surface area contributed by atoms with Gasteiger partial charge in [-0.25, -0.2) is 24.2 Å². The standard InChI is InChI=1S/C20H20ClFN6O2/c1-12(14-9-23-19(21)24-10-14)25-20(30)28-11-16(27-8-2-3-17(27)29)18(26-28)13-4-6-15(22)7-5-13/h4-7,9-10,12,16H,2-3,8,11H2,1H3,(H,25,30)/t12-,16-/m1/s1. The van der Waals surface area contributed by atoms with Crippen molar-refractivity contribution < 1.29 is 14.0 Å². The Kier molecular flexibility index (Phi) is 5.63. The quantitative estimate of drug-likeness (QED) is 0.755. The Morgan fingerprint density at radius 1 is 1.27 bits per heavy atom. The molecule has 2 aliphatic rings. The van der Waals surface area contributed by atoms with Crippen LogP contribution in [0.4, 0.5) is 9.18 Å². The van der Waals surface area contributed by atoms with Gasteiger partial charge in [-0.05, 0) is 37.1 Å². The van der Waals surface area contributed by atoms with E-state index in [1.54, 1.807) is 36.4 Å². The number of benzene rings is 1. The van der Waals surface area contributed by atoms with Crippen molar-refractivity contribution in [3.8, 4) is 0 Å². The van der Waals surface area contributed by atoms with Crippen molar-refractivity contribution in [2.45, 2.75) is 31.8 Å². The van der Waals surface area contributed by atoms with Gasteiger partial charge in [0.2, 0.25) is 11.2 Å². The molecule has 1 fully saturated rings. The number of hydrazone groups is 1. The van der Waals surface area contributed by atoms with E-state index in [9.17, 15) is 14.0 Å². The van der Waals surface area contributed by atoms with E-state index in [1.807, 2.05) is 0 Å². The zero-order valence-electron chi connectivity index (χ0n) is 16.3. The number of hydrogen-bond acceptors (Lipinski definition) is 5. The highest BCUT2D eigenvalue weighted by Crippen LogP contribution is 2.24. The maximum absolute atomic E-state index is 13.4. The monoisotopic (exact) mass is 430 g/mol. The summed E-state index contributed by atoms with van der Waals surface area (Å²) in [5.74, 6) is -0.330. The highest BCUT2D eigenvalue weighted by atomic mass is 35.5. The van der Waals surface area contributed by atoms with Gasteiger partial charge in [0.1, 0.15) is 5.82 Å². The Labute approximate surface area is 177 Å². The number of hydrogen-bond donors (Lipinski definition) is 1. The minimum Gasteiger partial charge on any atom is -0.332 e. The zero-order valence-corrected chi connectivity index (χ0v) is 17.0. The van der Waals surface area contributed by atoms with Gasteiger partial charge < -0.3 is 10.2 Å². The summed E-state index contributed by atoms with van der Waals surface area (Å²) in [7, 11) is 0. The van der Waals surface area contributed by atoms with Gasteiger partial charge in [-0.2, -0.15) is 5.10 Å². The molecule has 4 rings (SSSR count). The Balaban J connectivity index is 1.55. The lowest BCUT2D eigenvalue weighted by Crippen LogP contribution is -2.46. The average Bonchev–Trinajstić information content (AvgIpc) is 3.35. The Morgan fingerprint density at radius 3 is 2.60 bits per heavy atom. The third-order valence-corrected chi connectivity index (χ3v) is 5.43.